The predicted octanol–water partition coefficient (Wildman–Crippen LogP) is 3.80. The molecule has 0 aliphatic carbocycles. The first-order valence-electron chi connectivity index (χ1n) is 8.31. The summed E-state index contributed by atoms with van der Waals surface area (Å²) in [6.07, 6.45) is 1.09. The zero-order valence-corrected chi connectivity index (χ0v) is 14.5. The number of benzene rings is 2. The molecular weight excluding hydrogens is 328 g/mol. The molecule has 6 nitrogen and oxygen atoms in total. The number of aryl methyl sites for hydroxylation is 1. The monoisotopic (exact) mass is 348 g/mol. The maximum absolute atomic E-state index is 12.0. The summed E-state index contributed by atoms with van der Waals surface area (Å²) in [6, 6.07) is 20.9. The van der Waals surface area contributed by atoms with Crippen LogP contribution in [0, 0.1) is 0 Å². The Morgan fingerprint density at radius 3 is 2.27 bits per heavy atom. The molecule has 1 aromatic heterocycles. The van der Waals surface area contributed by atoms with E-state index in [1.54, 1.807) is 19.2 Å². The summed E-state index contributed by atoms with van der Waals surface area (Å²) in [7, 11) is 1.63. The zero-order valence-electron chi connectivity index (χ0n) is 14.5. The summed E-state index contributed by atoms with van der Waals surface area (Å²) in [5, 5.41) is 14.0. The van der Waals surface area contributed by atoms with Crippen molar-refractivity contribution in [1.82, 2.24) is 10.2 Å². The van der Waals surface area contributed by atoms with Gasteiger partial charge in [-0.3, -0.25) is 4.79 Å². The number of rotatable bonds is 7. The number of hydrogen-bond donors (Lipinski definition) is 2. The van der Waals surface area contributed by atoms with E-state index in [-0.39, 0.29) is 5.91 Å². The summed E-state index contributed by atoms with van der Waals surface area (Å²) in [6.45, 7) is 0. The summed E-state index contributed by atoms with van der Waals surface area (Å²) in [4.78, 5) is 12.0. The van der Waals surface area contributed by atoms with Crippen molar-refractivity contribution < 1.29 is 9.53 Å². The second-order valence-electron chi connectivity index (χ2n) is 5.69. The number of carbonyl (C=O) groups is 1. The maximum atomic E-state index is 12.0. The average molecular weight is 348 g/mol. The summed E-state index contributed by atoms with van der Waals surface area (Å²) in [5.41, 5.74) is 2.01. The highest BCUT2D eigenvalue weighted by molar-refractivity contribution is 5.89. The van der Waals surface area contributed by atoms with Crippen molar-refractivity contribution in [2.45, 2.75) is 12.8 Å². The minimum atomic E-state index is -0.0842. The Kier molecular flexibility index (Phi) is 5.77. The third-order valence-electron chi connectivity index (χ3n) is 3.78. The first-order chi connectivity index (χ1) is 12.7. The molecule has 0 saturated heterocycles. The summed E-state index contributed by atoms with van der Waals surface area (Å²) >= 11 is 0. The first-order valence-corrected chi connectivity index (χ1v) is 8.31. The van der Waals surface area contributed by atoms with E-state index in [9.17, 15) is 4.79 Å². The van der Waals surface area contributed by atoms with Crippen molar-refractivity contribution in [1.29, 1.82) is 0 Å². The second kappa shape index (κ2) is 8.62. The number of nitrogens with one attached hydrogen (secondary N) is 2. The standard InChI is InChI=1S/C20H20N4O2/c1-26-17-10-8-16(9-11-17)21-18-12-13-19(24-23-18)22-20(25)14-7-15-5-3-2-4-6-15/h2-6,8-13H,7,14H2,1H3,(H,21,23)(H,22,24,25). The Labute approximate surface area is 152 Å². The number of ether oxygens (including phenoxy) is 1. The van der Waals surface area contributed by atoms with E-state index in [1.807, 2.05) is 54.6 Å². The van der Waals surface area contributed by atoms with E-state index in [2.05, 4.69) is 20.8 Å². The molecule has 0 aliphatic rings. The fraction of sp³-hybridized carbons (Fsp3) is 0.150. The van der Waals surface area contributed by atoms with Gasteiger partial charge in [-0.15, -0.1) is 10.2 Å². The topological polar surface area (TPSA) is 76.1 Å². The first kappa shape index (κ1) is 17.4. The third-order valence-corrected chi connectivity index (χ3v) is 3.78. The average Bonchev–Trinajstić information content (AvgIpc) is 2.69. The van der Waals surface area contributed by atoms with Gasteiger partial charge in [-0.1, -0.05) is 30.3 Å². The van der Waals surface area contributed by atoms with Crippen LogP contribution in [0.5, 0.6) is 5.75 Å². The van der Waals surface area contributed by atoms with E-state index >= 15 is 0 Å². The molecule has 1 amide bonds. The Hall–Kier alpha value is -3.41. The molecule has 3 aromatic rings. The van der Waals surface area contributed by atoms with Gasteiger partial charge in [-0.25, -0.2) is 0 Å². The van der Waals surface area contributed by atoms with E-state index in [1.165, 1.54) is 0 Å². The maximum Gasteiger partial charge on any atom is 0.225 e. The van der Waals surface area contributed by atoms with Crippen LogP contribution in [0.2, 0.25) is 0 Å². The molecule has 0 unspecified atom stereocenters. The van der Waals surface area contributed by atoms with E-state index in [0.717, 1.165) is 17.0 Å². The molecule has 3 rings (SSSR count). The van der Waals surface area contributed by atoms with Crippen molar-refractivity contribution >= 4 is 23.2 Å². The van der Waals surface area contributed by atoms with Gasteiger partial charge < -0.3 is 15.4 Å². The van der Waals surface area contributed by atoms with Crippen LogP contribution in [-0.2, 0) is 11.2 Å². The highest BCUT2D eigenvalue weighted by atomic mass is 16.5. The van der Waals surface area contributed by atoms with Crippen molar-refractivity contribution in [3.8, 4) is 5.75 Å². The van der Waals surface area contributed by atoms with Crippen LogP contribution in [0.4, 0.5) is 17.3 Å². The van der Waals surface area contributed by atoms with Crippen LogP contribution >= 0.6 is 0 Å². The van der Waals surface area contributed by atoms with Gasteiger partial charge in [-0.2, -0.15) is 0 Å². The second-order valence-corrected chi connectivity index (χ2v) is 5.69. The van der Waals surface area contributed by atoms with Crippen molar-refractivity contribution in [2.24, 2.45) is 0 Å². The molecule has 132 valence electrons. The molecule has 0 radical (unpaired) electrons. The number of methoxy groups -OCH3 is 1. The highest BCUT2D eigenvalue weighted by Crippen LogP contribution is 2.18. The van der Waals surface area contributed by atoms with Gasteiger partial charge in [0.25, 0.3) is 0 Å². The van der Waals surface area contributed by atoms with E-state index in [0.29, 0.717) is 24.5 Å². The van der Waals surface area contributed by atoms with Crippen LogP contribution in [0.3, 0.4) is 0 Å². The quantitative estimate of drug-likeness (QED) is 0.679. The minimum Gasteiger partial charge on any atom is -0.497 e. The van der Waals surface area contributed by atoms with Crippen molar-refractivity contribution in [2.75, 3.05) is 17.7 Å². The third kappa shape index (κ3) is 5.04. The van der Waals surface area contributed by atoms with Crippen molar-refractivity contribution in [3.63, 3.8) is 0 Å². The van der Waals surface area contributed by atoms with E-state index < -0.39 is 0 Å². The lowest BCUT2D eigenvalue weighted by molar-refractivity contribution is -0.116. The summed E-state index contributed by atoms with van der Waals surface area (Å²) in [5.74, 6) is 1.73. The Balaban J connectivity index is 1.51. The lowest BCUT2D eigenvalue weighted by atomic mass is 10.1. The van der Waals surface area contributed by atoms with Crippen molar-refractivity contribution in [3.05, 3.63) is 72.3 Å². The zero-order chi connectivity index (χ0) is 18.2. The van der Waals surface area contributed by atoms with Gasteiger partial charge in [0.1, 0.15) is 5.75 Å². The molecule has 0 spiro atoms. The van der Waals surface area contributed by atoms with Crippen LogP contribution in [0.15, 0.2) is 66.7 Å². The number of hydrogen-bond acceptors (Lipinski definition) is 5. The fourth-order valence-corrected chi connectivity index (χ4v) is 2.40. The molecule has 1 heterocycles. The molecular formula is C20H20N4O2. The van der Waals surface area contributed by atoms with Gasteiger partial charge in [0.15, 0.2) is 11.6 Å². The van der Waals surface area contributed by atoms with Crippen LogP contribution in [0.1, 0.15) is 12.0 Å². The smallest absolute Gasteiger partial charge is 0.225 e. The summed E-state index contributed by atoms with van der Waals surface area (Å²) < 4.78 is 5.12. The molecule has 0 atom stereocenters. The Morgan fingerprint density at radius 1 is 0.923 bits per heavy atom. The van der Waals surface area contributed by atoms with Crippen LogP contribution < -0.4 is 15.4 Å². The van der Waals surface area contributed by atoms with Crippen LogP contribution in [0.25, 0.3) is 0 Å². The molecule has 2 aromatic carbocycles. The number of amides is 1. The molecule has 26 heavy (non-hydrogen) atoms. The molecule has 2 N–H and O–H groups in total. The molecule has 0 fully saturated rings. The fourth-order valence-electron chi connectivity index (χ4n) is 2.40. The molecule has 6 heteroatoms. The minimum absolute atomic E-state index is 0.0842. The van der Waals surface area contributed by atoms with Gasteiger partial charge >= 0.3 is 0 Å². The normalized spacial score (nSPS) is 10.2. The number of carbonyl (C=O) groups excluding carboxylic acids is 1. The van der Waals surface area contributed by atoms with E-state index in [4.69, 9.17) is 4.74 Å². The highest BCUT2D eigenvalue weighted by Gasteiger charge is 2.05. The molecule has 0 saturated carbocycles. The molecule has 0 aliphatic heterocycles. The Morgan fingerprint density at radius 2 is 1.62 bits per heavy atom. The van der Waals surface area contributed by atoms with Gasteiger partial charge in [-0.05, 0) is 48.4 Å². The molecule has 0 bridgehead atoms. The largest absolute Gasteiger partial charge is 0.497 e. The number of aromatic nitrogens is 2. The van der Waals surface area contributed by atoms with Gasteiger partial charge in [0.2, 0.25) is 5.91 Å². The predicted molar refractivity (Wildman–Crippen MR) is 102 cm³/mol. The SMILES string of the molecule is COc1ccc(Nc2ccc(NC(=O)CCc3ccccc3)nn2)cc1. The number of anilines is 3. The van der Waals surface area contributed by atoms with Gasteiger partial charge in [0.05, 0.1) is 7.11 Å². The lowest BCUT2D eigenvalue weighted by Crippen LogP contribution is -2.14. The van der Waals surface area contributed by atoms with Crippen LogP contribution in [-0.4, -0.2) is 23.2 Å². The van der Waals surface area contributed by atoms with Gasteiger partial charge in [0, 0.05) is 12.1 Å². The lowest BCUT2D eigenvalue weighted by Gasteiger charge is -2.07. The Bertz CT molecular complexity index is 834. The number of nitrogens with zero attached hydrogens (tertiary/aromatic N) is 2.